The maximum absolute atomic E-state index is 13.5. The number of nitrogens with zero attached hydrogens (tertiary/aromatic N) is 1. The molecule has 7 heteroatoms. The molecule has 0 atom stereocenters. The van der Waals surface area contributed by atoms with Gasteiger partial charge in [0, 0.05) is 17.2 Å². The molecule has 0 bridgehead atoms. The van der Waals surface area contributed by atoms with E-state index in [1.54, 1.807) is 39.8 Å². The predicted octanol–water partition coefficient (Wildman–Crippen LogP) is 3.10. The van der Waals surface area contributed by atoms with Gasteiger partial charge in [0.1, 0.15) is 12.4 Å². The number of carbonyl (C=O) groups is 3. The van der Waals surface area contributed by atoms with Gasteiger partial charge in [0.2, 0.25) is 11.8 Å². The maximum atomic E-state index is 13.5. The minimum Gasteiger partial charge on any atom is -0.324 e. The molecule has 1 saturated heterocycles. The first kappa shape index (κ1) is 19.2. The normalized spacial score (nSPS) is 16.4. The molecule has 1 N–H and O–H groups in total. The van der Waals surface area contributed by atoms with Crippen LogP contribution in [0.25, 0.3) is 0 Å². The smallest absolute Gasteiger partial charge is 0.244 e. The highest BCUT2D eigenvalue weighted by atomic mass is 32.2. The Kier molecular flexibility index (Phi) is 5.67. The molecule has 0 unspecified atom stereocenters. The summed E-state index contributed by atoms with van der Waals surface area (Å²) in [6, 6.07) is 4.39. The number of hydrogen-bond donors (Lipinski definition) is 1. The van der Waals surface area contributed by atoms with E-state index < -0.39 is 17.1 Å². The fraction of sp³-hybridized carbons (Fsp3) is 0.389. The molecule has 0 saturated carbocycles. The van der Waals surface area contributed by atoms with Crippen LogP contribution in [0.1, 0.15) is 26.3 Å². The van der Waals surface area contributed by atoms with Gasteiger partial charge >= 0.3 is 0 Å². The van der Waals surface area contributed by atoms with Gasteiger partial charge in [-0.3, -0.25) is 19.3 Å². The maximum Gasteiger partial charge on any atom is 0.244 e. The van der Waals surface area contributed by atoms with E-state index in [2.05, 4.69) is 5.32 Å². The van der Waals surface area contributed by atoms with E-state index in [0.717, 1.165) is 0 Å². The van der Waals surface area contributed by atoms with Crippen molar-refractivity contribution in [3.8, 4) is 0 Å². The number of aryl methyl sites for hydroxylation is 1. The first-order valence-electron chi connectivity index (χ1n) is 7.83. The molecule has 1 aliphatic rings. The van der Waals surface area contributed by atoms with Gasteiger partial charge in [0.15, 0.2) is 5.78 Å². The lowest BCUT2D eigenvalue weighted by Crippen LogP contribution is -2.34. The van der Waals surface area contributed by atoms with Crippen LogP contribution in [-0.4, -0.2) is 34.8 Å². The van der Waals surface area contributed by atoms with Gasteiger partial charge < -0.3 is 5.32 Å². The molecule has 1 aliphatic heterocycles. The number of halogens is 1. The summed E-state index contributed by atoms with van der Waals surface area (Å²) in [7, 11) is 0. The van der Waals surface area contributed by atoms with Crippen LogP contribution >= 0.6 is 11.8 Å². The van der Waals surface area contributed by atoms with Crippen LogP contribution in [-0.2, 0) is 14.4 Å². The molecule has 1 aromatic rings. The monoisotopic (exact) mass is 364 g/mol. The van der Waals surface area contributed by atoms with Crippen LogP contribution in [0.2, 0.25) is 0 Å². The van der Waals surface area contributed by atoms with Crippen molar-refractivity contribution in [1.82, 2.24) is 4.90 Å². The van der Waals surface area contributed by atoms with Crippen LogP contribution in [0.3, 0.4) is 0 Å². The van der Waals surface area contributed by atoms with Crippen LogP contribution < -0.4 is 5.32 Å². The lowest BCUT2D eigenvalue weighted by Gasteiger charge is -2.19. The summed E-state index contributed by atoms with van der Waals surface area (Å²) < 4.78 is 13.5. The van der Waals surface area contributed by atoms with Gasteiger partial charge in [-0.15, -0.1) is 0 Å². The number of benzene rings is 1. The van der Waals surface area contributed by atoms with E-state index in [1.165, 1.54) is 28.8 Å². The van der Waals surface area contributed by atoms with Gasteiger partial charge in [-0.2, -0.15) is 0 Å². The molecule has 5 nitrogen and oxygen atoms in total. The average Bonchev–Trinajstić information content (AvgIpc) is 2.83. The average molecular weight is 364 g/mol. The van der Waals surface area contributed by atoms with Gasteiger partial charge in [0.25, 0.3) is 0 Å². The Hall–Kier alpha value is -2.15. The van der Waals surface area contributed by atoms with E-state index in [1.807, 2.05) is 0 Å². The van der Waals surface area contributed by atoms with Gasteiger partial charge in [0.05, 0.1) is 10.8 Å². The molecule has 0 radical (unpaired) electrons. The molecule has 1 fully saturated rings. The number of allylic oxidation sites excluding steroid dienone is 1. The summed E-state index contributed by atoms with van der Waals surface area (Å²) in [4.78, 5) is 37.6. The van der Waals surface area contributed by atoms with Crippen molar-refractivity contribution >= 4 is 35.0 Å². The number of nitrogens with one attached hydrogen (secondary N) is 1. The fourth-order valence-corrected chi connectivity index (χ4v) is 2.98. The highest BCUT2D eigenvalue weighted by Crippen LogP contribution is 2.30. The number of anilines is 1. The standard InChI is InChI=1S/C18H21FN2O3S/c1-11-5-6-12(7-13(11)19)20-15(23)9-21-16(24)10-25-17(21)8-14(22)18(2,3)4/h5-8H,9-10H2,1-4H3,(H,20,23)/b17-8-. The number of hydrogen-bond acceptors (Lipinski definition) is 4. The Labute approximate surface area is 150 Å². The third kappa shape index (κ3) is 4.92. The molecule has 25 heavy (non-hydrogen) atoms. The lowest BCUT2D eigenvalue weighted by molar-refractivity contribution is -0.129. The second-order valence-electron chi connectivity index (χ2n) is 6.88. The fourth-order valence-electron chi connectivity index (χ4n) is 2.04. The highest BCUT2D eigenvalue weighted by Gasteiger charge is 2.30. The third-order valence-electron chi connectivity index (χ3n) is 3.66. The highest BCUT2D eigenvalue weighted by molar-refractivity contribution is 8.04. The summed E-state index contributed by atoms with van der Waals surface area (Å²) in [6.07, 6.45) is 1.41. The van der Waals surface area contributed by atoms with E-state index >= 15 is 0 Å². The molecule has 1 aromatic carbocycles. The molecule has 1 heterocycles. The van der Waals surface area contributed by atoms with Gasteiger partial charge in [-0.25, -0.2) is 4.39 Å². The van der Waals surface area contributed by atoms with Crippen LogP contribution in [0, 0.1) is 18.2 Å². The van der Waals surface area contributed by atoms with Crippen molar-refractivity contribution in [3.63, 3.8) is 0 Å². The summed E-state index contributed by atoms with van der Waals surface area (Å²) >= 11 is 1.23. The zero-order valence-corrected chi connectivity index (χ0v) is 15.5. The summed E-state index contributed by atoms with van der Waals surface area (Å²) in [5.41, 5.74) is 0.241. The van der Waals surface area contributed by atoms with Crippen LogP contribution in [0.15, 0.2) is 29.3 Å². The Bertz CT molecular complexity index is 753. The molecular weight excluding hydrogens is 343 g/mol. The summed E-state index contributed by atoms with van der Waals surface area (Å²) in [5, 5.41) is 3.04. The summed E-state index contributed by atoms with van der Waals surface area (Å²) in [6.45, 7) is 6.78. The molecule has 2 rings (SSSR count). The Morgan fingerprint density at radius 2 is 2.04 bits per heavy atom. The number of rotatable bonds is 4. The minimum atomic E-state index is -0.563. The van der Waals surface area contributed by atoms with Crippen molar-refractivity contribution in [3.05, 3.63) is 40.7 Å². The van der Waals surface area contributed by atoms with E-state index in [9.17, 15) is 18.8 Å². The number of ketones is 1. The number of carbonyl (C=O) groups excluding carboxylic acids is 3. The van der Waals surface area contributed by atoms with Crippen LogP contribution in [0.5, 0.6) is 0 Å². The zero-order valence-electron chi connectivity index (χ0n) is 14.7. The SMILES string of the molecule is Cc1ccc(NC(=O)CN2C(=O)CS/C2=C\C(=O)C(C)(C)C)cc1F. The molecule has 0 aromatic heterocycles. The van der Waals surface area contributed by atoms with E-state index in [0.29, 0.717) is 16.3 Å². The molecule has 2 amide bonds. The van der Waals surface area contributed by atoms with Gasteiger partial charge in [-0.1, -0.05) is 38.6 Å². The van der Waals surface area contributed by atoms with E-state index in [-0.39, 0.29) is 24.0 Å². The van der Waals surface area contributed by atoms with Crippen molar-refractivity contribution < 1.29 is 18.8 Å². The molecule has 0 spiro atoms. The Morgan fingerprint density at radius 3 is 2.64 bits per heavy atom. The zero-order chi connectivity index (χ0) is 18.8. The first-order valence-corrected chi connectivity index (χ1v) is 8.82. The minimum absolute atomic E-state index is 0.115. The van der Waals surface area contributed by atoms with Crippen LogP contribution in [0.4, 0.5) is 10.1 Å². The molecular formula is C18H21FN2O3S. The van der Waals surface area contributed by atoms with Crippen molar-refractivity contribution in [2.75, 3.05) is 17.6 Å². The second kappa shape index (κ2) is 7.39. The predicted molar refractivity (Wildman–Crippen MR) is 96.5 cm³/mol. The molecule has 0 aliphatic carbocycles. The number of amides is 2. The number of thioether (sulfide) groups is 1. The Balaban J connectivity index is 2.09. The first-order chi connectivity index (χ1) is 11.6. The Morgan fingerprint density at radius 1 is 1.36 bits per heavy atom. The molecule has 134 valence electrons. The van der Waals surface area contributed by atoms with Crippen molar-refractivity contribution in [2.24, 2.45) is 5.41 Å². The quantitative estimate of drug-likeness (QED) is 0.834. The van der Waals surface area contributed by atoms with Crippen molar-refractivity contribution in [1.29, 1.82) is 0 Å². The second-order valence-corrected chi connectivity index (χ2v) is 7.87. The topological polar surface area (TPSA) is 66.5 Å². The summed E-state index contributed by atoms with van der Waals surface area (Å²) in [5.74, 6) is -1.02. The van der Waals surface area contributed by atoms with Gasteiger partial charge in [-0.05, 0) is 24.6 Å². The third-order valence-corrected chi connectivity index (χ3v) is 4.69. The largest absolute Gasteiger partial charge is 0.324 e. The van der Waals surface area contributed by atoms with Crippen molar-refractivity contribution in [2.45, 2.75) is 27.7 Å². The lowest BCUT2D eigenvalue weighted by atomic mass is 9.91. The van der Waals surface area contributed by atoms with E-state index in [4.69, 9.17) is 0 Å².